The van der Waals surface area contributed by atoms with Gasteiger partial charge in [0, 0.05) is 17.9 Å². The molecule has 7 nitrogen and oxygen atoms in total. The van der Waals surface area contributed by atoms with Gasteiger partial charge in [-0.25, -0.2) is 4.79 Å². The number of anilines is 1. The summed E-state index contributed by atoms with van der Waals surface area (Å²) in [6, 6.07) is 12.7. The van der Waals surface area contributed by atoms with Crippen molar-refractivity contribution in [2.24, 2.45) is 0 Å². The van der Waals surface area contributed by atoms with Crippen LogP contribution in [0.2, 0.25) is 5.02 Å². The number of ether oxygens (including phenoxy) is 1. The summed E-state index contributed by atoms with van der Waals surface area (Å²) in [6.45, 7) is 1.38. The maximum atomic E-state index is 12.1. The van der Waals surface area contributed by atoms with E-state index in [1.807, 2.05) is 6.92 Å². The van der Waals surface area contributed by atoms with E-state index in [1.165, 1.54) is 24.3 Å². The van der Waals surface area contributed by atoms with E-state index in [0.717, 1.165) is 10.5 Å². The van der Waals surface area contributed by atoms with E-state index in [0.29, 0.717) is 10.7 Å². The molecule has 0 spiro atoms. The minimum absolute atomic E-state index is 0.187. The topological polar surface area (TPSA) is 92.8 Å². The first kappa shape index (κ1) is 20.5. The van der Waals surface area contributed by atoms with Crippen molar-refractivity contribution in [2.45, 2.75) is 25.8 Å². The molecule has 0 unspecified atom stereocenters. The average Bonchev–Trinajstić information content (AvgIpc) is 3.05. The second-order valence-corrected chi connectivity index (χ2v) is 7.02. The van der Waals surface area contributed by atoms with Crippen molar-refractivity contribution in [3.8, 4) is 0 Å². The van der Waals surface area contributed by atoms with Crippen LogP contribution in [0, 0.1) is 0 Å². The van der Waals surface area contributed by atoms with E-state index in [9.17, 15) is 19.2 Å². The largest absolute Gasteiger partial charge is 0.452 e. The zero-order valence-corrected chi connectivity index (χ0v) is 16.4. The van der Waals surface area contributed by atoms with Crippen molar-refractivity contribution in [2.75, 3.05) is 11.5 Å². The van der Waals surface area contributed by atoms with Crippen molar-refractivity contribution < 1.29 is 23.9 Å². The van der Waals surface area contributed by atoms with E-state index < -0.39 is 18.5 Å². The van der Waals surface area contributed by atoms with Gasteiger partial charge in [0.15, 0.2) is 6.61 Å². The fourth-order valence-corrected chi connectivity index (χ4v) is 3.07. The number of nitrogens with one attached hydrogen (secondary N) is 1. The fraction of sp³-hybridized carbons (Fsp3) is 0.238. The van der Waals surface area contributed by atoms with Gasteiger partial charge in [0.25, 0.3) is 5.91 Å². The van der Waals surface area contributed by atoms with Gasteiger partial charge in [0.05, 0.1) is 17.3 Å². The highest BCUT2D eigenvalue weighted by Gasteiger charge is 2.30. The summed E-state index contributed by atoms with van der Waals surface area (Å²) in [5.41, 5.74) is 1.49. The molecule has 0 radical (unpaired) electrons. The quantitative estimate of drug-likeness (QED) is 0.579. The van der Waals surface area contributed by atoms with Crippen LogP contribution in [-0.4, -0.2) is 30.3 Å². The number of amides is 3. The Labute approximate surface area is 172 Å². The summed E-state index contributed by atoms with van der Waals surface area (Å²) < 4.78 is 5.03. The lowest BCUT2D eigenvalue weighted by Gasteiger charge is -2.15. The molecular weight excluding hydrogens is 396 g/mol. The molecule has 1 aliphatic rings. The van der Waals surface area contributed by atoms with Crippen LogP contribution in [0.15, 0.2) is 48.5 Å². The fourth-order valence-electron chi connectivity index (χ4n) is 2.94. The van der Waals surface area contributed by atoms with Gasteiger partial charge in [-0.2, -0.15) is 0 Å². The molecule has 0 bridgehead atoms. The van der Waals surface area contributed by atoms with Crippen molar-refractivity contribution in [1.29, 1.82) is 0 Å². The lowest BCUT2D eigenvalue weighted by molar-refractivity contribution is -0.125. The van der Waals surface area contributed by atoms with Gasteiger partial charge in [-0.3, -0.25) is 19.3 Å². The predicted molar refractivity (Wildman–Crippen MR) is 106 cm³/mol. The van der Waals surface area contributed by atoms with E-state index in [1.54, 1.807) is 24.3 Å². The summed E-state index contributed by atoms with van der Waals surface area (Å²) in [5, 5.41) is 3.34. The Kier molecular flexibility index (Phi) is 6.29. The van der Waals surface area contributed by atoms with Gasteiger partial charge in [-0.1, -0.05) is 23.7 Å². The first-order valence-corrected chi connectivity index (χ1v) is 9.41. The molecule has 150 valence electrons. The second-order valence-electron chi connectivity index (χ2n) is 6.59. The molecule has 3 rings (SSSR count). The van der Waals surface area contributed by atoms with Gasteiger partial charge >= 0.3 is 5.97 Å². The molecule has 29 heavy (non-hydrogen) atoms. The number of carbonyl (C=O) groups is 4. The molecule has 8 heteroatoms. The van der Waals surface area contributed by atoms with Gasteiger partial charge in [0.1, 0.15) is 0 Å². The molecule has 2 aromatic rings. The number of imide groups is 1. The second kappa shape index (κ2) is 8.87. The third-order valence-corrected chi connectivity index (χ3v) is 4.75. The van der Waals surface area contributed by atoms with Crippen molar-refractivity contribution in [3.05, 3.63) is 64.7 Å². The molecular formula is C21H19ClN2O5. The molecule has 0 aromatic heterocycles. The van der Waals surface area contributed by atoms with E-state index in [-0.39, 0.29) is 36.3 Å². The summed E-state index contributed by atoms with van der Waals surface area (Å²) in [5.74, 6) is -1.65. The van der Waals surface area contributed by atoms with Gasteiger partial charge in [-0.15, -0.1) is 0 Å². The molecule has 0 saturated carbocycles. The standard InChI is InChI=1S/C21H19ClN2O5/c1-13(14-2-6-16(22)7-3-14)23-18(25)12-29-21(28)15-4-8-17(9-5-15)24-19(26)10-11-20(24)27/h2-9,13H,10-12H2,1H3,(H,23,25)/t13-/m1/s1. The number of rotatable bonds is 6. The molecule has 1 fully saturated rings. The van der Waals surface area contributed by atoms with Crippen molar-refractivity contribution in [1.82, 2.24) is 5.32 Å². The Morgan fingerprint density at radius 1 is 1.03 bits per heavy atom. The van der Waals surface area contributed by atoms with Gasteiger partial charge in [0.2, 0.25) is 11.8 Å². The van der Waals surface area contributed by atoms with E-state index >= 15 is 0 Å². The molecule has 1 heterocycles. The van der Waals surface area contributed by atoms with Crippen LogP contribution < -0.4 is 10.2 Å². The minimum Gasteiger partial charge on any atom is -0.452 e. The van der Waals surface area contributed by atoms with Crippen LogP contribution in [0.1, 0.15) is 41.7 Å². The maximum Gasteiger partial charge on any atom is 0.338 e. The van der Waals surface area contributed by atoms with Crippen LogP contribution >= 0.6 is 11.6 Å². The summed E-state index contributed by atoms with van der Waals surface area (Å²) >= 11 is 5.84. The molecule has 1 atom stereocenters. The first-order chi connectivity index (χ1) is 13.8. The highest BCUT2D eigenvalue weighted by Crippen LogP contribution is 2.23. The van der Waals surface area contributed by atoms with Crippen molar-refractivity contribution >= 4 is 41.0 Å². The lowest BCUT2D eigenvalue weighted by atomic mass is 10.1. The van der Waals surface area contributed by atoms with Gasteiger partial charge < -0.3 is 10.1 Å². The Bertz CT molecular complexity index is 925. The van der Waals surface area contributed by atoms with E-state index in [2.05, 4.69) is 5.32 Å². The SMILES string of the molecule is C[C@@H](NC(=O)COC(=O)c1ccc(N2C(=O)CCC2=O)cc1)c1ccc(Cl)cc1. The first-order valence-electron chi connectivity index (χ1n) is 9.03. The molecule has 1 saturated heterocycles. The average molecular weight is 415 g/mol. The number of benzene rings is 2. The highest BCUT2D eigenvalue weighted by molar-refractivity contribution is 6.30. The minimum atomic E-state index is -0.676. The number of esters is 1. The molecule has 1 N–H and O–H groups in total. The number of hydrogen-bond acceptors (Lipinski definition) is 5. The highest BCUT2D eigenvalue weighted by atomic mass is 35.5. The monoisotopic (exact) mass is 414 g/mol. The van der Waals surface area contributed by atoms with Crippen LogP contribution in [0.5, 0.6) is 0 Å². The van der Waals surface area contributed by atoms with Crippen LogP contribution in [0.3, 0.4) is 0 Å². The third kappa shape index (κ3) is 5.00. The summed E-state index contributed by atoms with van der Waals surface area (Å²) in [7, 11) is 0. The molecule has 2 aromatic carbocycles. The van der Waals surface area contributed by atoms with Crippen LogP contribution in [-0.2, 0) is 19.1 Å². The Morgan fingerprint density at radius 2 is 1.62 bits per heavy atom. The maximum absolute atomic E-state index is 12.1. The Balaban J connectivity index is 1.52. The lowest BCUT2D eigenvalue weighted by Crippen LogP contribution is -2.31. The molecule has 0 aliphatic carbocycles. The van der Waals surface area contributed by atoms with Crippen LogP contribution in [0.25, 0.3) is 0 Å². The number of carbonyl (C=O) groups excluding carboxylic acids is 4. The van der Waals surface area contributed by atoms with Crippen molar-refractivity contribution in [3.63, 3.8) is 0 Å². The molecule has 3 amide bonds. The predicted octanol–water partition coefficient (Wildman–Crippen LogP) is 3.03. The van der Waals surface area contributed by atoms with Gasteiger partial charge in [-0.05, 0) is 48.9 Å². The Hall–Kier alpha value is -3.19. The zero-order valence-electron chi connectivity index (χ0n) is 15.7. The Morgan fingerprint density at radius 3 is 2.21 bits per heavy atom. The number of halogens is 1. The zero-order chi connectivity index (χ0) is 21.0. The summed E-state index contributed by atoms with van der Waals surface area (Å²) in [4.78, 5) is 48.8. The summed E-state index contributed by atoms with van der Waals surface area (Å²) in [6.07, 6.45) is 0.373. The van der Waals surface area contributed by atoms with Crippen LogP contribution in [0.4, 0.5) is 5.69 Å². The third-order valence-electron chi connectivity index (χ3n) is 4.49. The smallest absolute Gasteiger partial charge is 0.338 e. The van der Waals surface area contributed by atoms with E-state index in [4.69, 9.17) is 16.3 Å². The number of hydrogen-bond donors (Lipinski definition) is 1. The molecule has 1 aliphatic heterocycles. The normalized spacial score (nSPS) is 14.6. The number of nitrogens with zero attached hydrogens (tertiary/aromatic N) is 1.